The van der Waals surface area contributed by atoms with Crippen molar-refractivity contribution in [1.29, 1.82) is 0 Å². The minimum absolute atomic E-state index is 0.00143. The summed E-state index contributed by atoms with van der Waals surface area (Å²) < 4.78 is 7.64. The van der Waals surface area contributed by atoms with Crippen LogP contribution in [0.5, 0.6) is 5.75 Å². The van der Waals surface area contributed by atoms with E-state index in [0.29, 0.717) is 0 Å². The van der Waals surface area contributed by atoms with Gasteiger partial charge in [-0.1, -0.05) is 13.0 Å². The zero-order valence-electron chi connectivity index (χ0n) is 17.0. The molecule has 0 radical (unpaired) electrons. The molecule has 5 nitrogen and oxygen atoms in total. The molecule has 150 valence electrons. The number of hydrogen-bond donors (Lipinski definition) is 1. The van der Waals surface area contributed by atoms with E-state index in [1.807, 2.05) is 30.5 Å². The van der Waals surface area contributed by atoms with Crippen LogP contribution < -0.4 is 10.1 Å². The number of rotatable bonds is 6. The van der Waals surface area contributed by atoms with Gasteiger partial charge in [-0.2, -0.15) is 0 Å². The normalized spacial score (nSPS) is 18.7. The van der Waals surface area contributed by atoms with Gasteiger partial charge in [0.2, 0.25) is 0 Å². The Bertz CT molecular complexity index is 984. The molecule has 4 rings (SSSR count). The van der Waals surface area contributed by atoms with Crippen molar-refractivity contribution in [3.05, 3.63) is 77.9 Å². The Morgan fingerprint density at radius 3 is 2.55 bits per heavy atom. The van der Waals surface area contributed by atoms with E-state index in [1.54, 1.807) is 7.11 Å². The Morgan fingerprint density at radius 2 is 1.90 bits per heavy atom. The second-order valence-corrected chi connectivity index (χ2v) is 7.64. The predicted octanol–water partition coefficient (Wildman–Crippen LogP) is 4.57. The number of ether oxygens (including phenoxy) is 1. The van der Waals surface area contributed by atoms with Crippen molar-refractivity contribution in [3.63, 3.8) is 0 Å². The minimum atomic E-state index is 0.00143. The second kappa shape index (κ2) is 8.25. The molecule has 3 aromatic rings. The van der Waals surface area contributed by atoms with Crippen LogP contribution in [-0.4, -0.2) is 33.2 Å². The maximum Gasteiger partial charge on any atom is 0.170 e. The molecule has 0 unspecified atom stereocenters. The van der Waals surface area contributed by atoms with Crippen molar-refractivity contribution in [2.45, 2.75) is 32.4 Å². The monoisotopic (exact) mass is 406 g/mol. The number of hydrogen-bond acceptors (Lipinski definition) is 3. The van der Waals surface area contributed by atoms with E-state index in [2.05, 4.69) is 63.9 Å². The van der Waals surface area contributed by atoms with Crippen LogP contribution in [0.25, 0.3) is 5.69 Å². The number of aryl methyl sites for hydroxylation is 1. The Balaban J connectivity index is 1.82. The number of thiocarbonyl (C=S) groups is 1. The summed E-state index contributed by atoms with van der Waals surface area (Å²) in [7, 11) is 1.69. The molecule has 1 aliphatic heterocycles. The number of nitrogens with zero attached hydrogens (tertiary/aromatic N) is 3. The van der Waals surface area contributed by atoms with Gasteiger partial charge >= 0.3 is 0 Å². The quantitative estimate of drug-likeness (QED) is 0.607. The first kappa shape index (κ1) is 19.5. The fourth-order valence-corrected chi connectivity index (χ4v) is 4.41. The zero-order valence-corrected chi connectivity index (χ0v) is 17.8. The highest BCUT2D eigenvalue weighted by Gasteiger charge is 2.41. The van der Waals surface area contributed by atoms with Gasteiger partial charge in [-0.15, -0.1) is 0 Å². The van der Waals surface area contributed by atoms with Gasteiger partial charge in [-0.05, 0) is 74.1 Å². The lowest BCUT2D eigenvalue weighted by atomic mass is 10.0. The summed E-state index contributed by atoms with van der Waals surface area (Å²) in [5, 5.41) is 4.31. The molecule has 3 heterocycles. The predicted molar refractivity (Wildman–Crippen MR) is 120 cm³/mol. The standard InChI is InChI=1S/C23H26N4OS/c1-4-15-26-22(21(25-23(26)29)19-7-5-6-14-24-19)20-13-8-16(2)27(20)17-9-11-18(28-3)12-10-17/h5-14,21-22H,4,15H2,1-3H3,(H,25,29)/t21-,22-/m1/s1. The van der Waals surface area contributed by atoms with Crippen molar-refractivity contribution in [2.24, 2.45) is 0 Å². The molecule has 1 aromatic carbocycles. The van der Waals surface area contributed by atoms with Gasteiger partial charge < -0.3 is 19.5 Å². The summed E-state index contributed by atoms with van der Waals surface area (Å²) in [6.07, 6.45) is 2.86. The van der Waals surface area contributed by atoms with Crippen LogP contribution in [0.2, 0.25) is 0 Å². The molecule has 1 saturated heterocycles. The Kier molecular flexibility index (Phi) is 5.53. The number of aromatic nitrogens is 2. The lowest BCUT2D eigenvalue weighted by Gasteiger charge is -2.29. The molecule has 0 bridgehead atoms. The van der Waals surface area contributed by atoms with Crippen molar-refractivity contribution in [3.8, 4) is 11.4 Å². The molecule has 6 heteroatoms. The fraction of sp³-hybridized carbons (Fsp3) is 0.304. The van der Waals surface area contributed by atoms with Crippen molar-refractivity contribution >= 4 is 17.3 Å². The maximum absolute atomic E-state index is 5.72. The van der Waals surface area contributed by atoms with Gasteiger partial charge in [0, 0.05) is 29.8 Å². The SMILES string of the molecule is CCCN1C(=S)N[C@H](c2ccccn2)[C@H]1c1ccc(C)n1-c1ccc(OC)cc1. The van der Waals surface area contributed by atoms with E-state index in [1.165, 1.54) is 11.4 Å². The molecule has 0 saturated carbocycles. The number of nitrogens with one attached hydrogen (secondary N) is 1. The fourth-order valence-electron chi connectivity index (χ4n) is 4.08. The molecule has 2 atom stereocenters. The van der Waals surface area contributed by atoms with E-state index < -0.39 is 0 Å². The zero-order chi connectivity index (χ0) is 20.4. The first-order valence-corrected chi connectivity index (χ1v) is 10.4. The van der Waals surface area contributed by atoms with Crippen LogP contribution in [0.4, 0.5) is 0 Å². The van der Waals surface area contributed by atoms with E-state index in [4.69, 9.17) is 17.0 Å². The second-order valence-electron chi connectivity index (χ2n) is 7.25. The molecule has 0 spiro atoms. The highest BCUT2D eigenvalue weighted by molar-refractivity contribution is 7.80. The van der Waals surface area contributed by atoms with Crippen LogP contribution in [-0.2, 0) is 0 Å². The molecule has 1 aliphatic rings. The van der Waals surface area contributed by atoms with E-state index in [-0.39, 0.29) is 12.1 Å². The molecular formula is C23H26N4OS. The third kappa shape index (κ3) is 3.60. The lowest BCUT2D eigenvalue weighted by Crippen LogP contribution is -2.31. The lowest BCUT2D eigenvalue weighted by molar-refractivity contribution is 0.308. The first-order valence-electron chi connectivity index (χ1n) is 9.94. The highest BCUT2D eigenvalue weighted by atomic mass is 32.1. The van der Waals surface area contributed by atoms with Gasteiger partial charge in [0.1, 0.15) is 5.75 Å². The first-order chi connectivity index (χ1) is 14.1. The third-order valence-corrected chi connectivity index (χ3v) is 5.75. The Labute approximate surface area is 177 Å². The summed E-state index contributed by atoms with van der Waals surface area (Å²) in [4.78, 5) is 6.92. The van der Waals surface area contributed by atoms with Crippen LogP contribution in [0.1, 0.15) is 42.5 Å². The number of benzene rings is 1. The summed E-state index contributed by atoms with van der Waals surface area (Å²) in [6.45, 7) is 5.21. The molecule has 1 fully saturated rings. The number of methoxy groups -OCH3 is 1. The summed E-state index contributed by atoms with van der Waals surface area (Å²) >= 11 is 5.72. The molecular weight excluding hydrogens is 380 g/mol. The van der Waals surface area contributed by atoms with Crippen LogP contribution >= 0.6 is 12.2 Å². The van der Waals surface area contributed by atoms with E-state index in [0.717, 1.165) is 35.2 Å². The summed E-state index contributed by atoms with van der Waals surface area (Å²) in [5.74, 6) is 0.850. The van der Waals surface area contributed by atoms with Gasteiger partial charge in [0.25, 0.3) is 0 Å². The van der Waals surface area contributed by atoms with Gasteiger partial charge in [-0.3, -0.25) is 4.98 Å². The van der Waals surface area contributed by atoms with Crippen LogP contribution in [0, 0.1) is 6.92 Å². The molecule has 29 heavy (non-hydrogen) atoms. The largest absolute Gasteiger partial charge is 0.497 e. The maximum atomic E-state index is 5.72. The summed E-state index contributed by atoms with van der Waals surface area (Å²) in [6, 6.07) is 18.7. The van der Waals surface area contributed by atoms with Crippen LogP contribution in [0.3, 0.4) is 0 Å². The van der Waals surface area contributed by atoms with Crippen molar-refractivity contribution in [1.82, 2.24) is 19.8 Å². The molecule has 0 aliphatic carbocycles. The van der Waals surface area contributed by atoms with E-state index in [9.17, 15) is 0 Å². The Hall–Kier alpha value is -2.86. The van der Waals surface area contributed by atoms with E-state index >= 15 is 0 Å². The Morgan fingerprint density at radius 1 is 1.10 bits per heavy atom. The van der Waals surface area contributed by atoms with Crippen molar-refractivity contribution in [2.75, 3.05) is 13.7 Å². The van der Waals surface area contributed by atoms with Gasteiger partial charge in [-0.25, -0.2) is 0 Å². The average molecular weight is 407 g/mol. The topological polar surface area (TPSA) is 42.3 Å². The summed E-state index contributed by atoms with van der Waals surface area (Å²) in [5.41, 5.74) is 4.49. The average Bonchev–Trinajstić information content (AvgIpc) is 3.29. The highest BCUT2D eigenvalue weighted by Crippen LogP contribution is 2.40. The molecule has 1 N–H and O–H groups in total. The van der Waals surface area contributed by atoms with Gasteiger partial charge in [0.15, 0.2) is 5.11 Å². The minimum Gasteiger partial charge on any atom is -0.497 e. The van der Waals surface area contributed by atoms with Crippen LogP contribution in [0.15, 0.2) is 60.8 Å². The third-order valence-electron chi connectivity index (χ3n) is 5.40. The van der Waals surface area contributed by atoms with Crippen molar-refractivity contribution < 1.29 is 4.74 Å². The number of pyridine rings is 1. The van der Waals surface area contributed by atoms with Gasteiger partial charge in [0.05, 0.1) is 24.9 Å². The molecule has 2 aromatic heterocycles. The molecule has 0 amide bonds. The smallest absolute Gasteiger partial charge is 0.170 e.